The summed E-state index contributed by atoms with van der Waals surface area (Å²) < 4.78 is 0. The number of hydrogen-bond acceptors (Lipinski definition) is 2. The largest absolute Gasteiger partial charge is 0.348 e. The van der Waals surface area contributed by atoms with Crippen LogP contribution >= 0.6 is 0 Å². The zero-order chi connectivity index (χ0) is 16.5. The molecule has 1 aliphatic heterocycles. The summed E-state index contributed by atoms with van der Waals surface area (Å²) in [7, 11) is 0. The Morgan fingerprint density at radius 1 is 1.17 bits per heavy atom. The highest BCUT2D eigenvalue weighted by molar-refractivity contribution is 5.87. The summed E-state index contributed by atoms with van der Waals surface area (Å²) in [6, 6.07) is 8.57. The van der Waals surface area contributed by atoms with E-state index in [2.05, 4.69) is 41.4 Å². The molecule has 3 heteroatoms. The van der Waals surface area contributed by atoms with Crippen LogP contribution in [0.3, 0.4) is 0 Å². The topological polar surface area (TPSA) is 32.3 Å². The highest BCUT2D eigenvalue weighted by Crippen LogP contribution is 2.18. The molecule has 1 N–H and O–H groups in total. The molecule has 1 heterocycles. The van der Waals surface area contributed by atoms with Crippen LogP contribution in [0.1, 0.15) is 37.8 Å². The van der Waals surface area contributed by atoms with Gasteiger partial charge in [0.15, 0.2) is 0 Å². The quantitative estimate of drug-likeness (QED) is 0.642. The van der Waals surface area contributed by atoms with Crippen LogP contribution in [0.25, 0.3) is 0 Å². The molecule has 23 heavy (non-hydrogen) atoms. The smallest absolute Gasteiger partial charge is 0.244 e. The lowest BCUT2D eigenvalue weighted by Crippen LogP contribution is -2.32. The van der Waals surface area contributed by atoms with Gasteiger partial charge in [-0.15, -0.1) is 0 Å². The lowest BCUT2D eigenvalue weighted by Gasteiger charge is -2.30. The zero-order valence-corrected chi connectivity index (χ0v) is 14.3. The number of benzene rings is 1. The molecule has 0 atom stereocenters. The second-order valence-electron chi connectivity index (χ2n) is 6.38. The highest BCUT2D eigenvalue weighted by Gasteiger charge is 2.15. The van der Waals surface area contributed by atoms with Gasteiger partial charge in [0.25, 0.3) is 0 Å². The number of carbonyl (C=O) groups excluding carboxylic acids is 1. The van der Waals surface area contributed by atoms with Crippen molar-refractivity contribution in [1.82, 2.24) is 10.2 Å². The van der Waals surface area contributed by atoms with Gasteiger partial charge < -0.3 is 5.32 Å². The second-order valence-corrected chi connectivity index (χ2v) is 6.38. The zero-order valence-electron chi connectivity index (χ0n) is 14.3. The Balaban J connectivity index is 1.77. The molecule has 0 unspecified atom stereocenters. The predicted octanol–water partition coefficient (Wildman–Crippen LogP) is 3.67. The second kappa shape index (κ2) is 9.31. The van der Waals surface area contributed by atoms with Crippen LogP contribution in [0.2, 0.25) is 0 Å². The van der Waals surface area contributed by atoms with Crippen molar-refractivity contribution in [3.8, 4) is 0 Å². The highest BCUT2D eigenvalue weighted by atomic mass is 16.1. The summed E-state index contributed by atoms with van der Waals surface area (Å²) in [4.78, 5) is 14.1. The van der Waals surface area contributed by atoms with Crippen molar-refractivity contribution in [2.45, 2.75) is 39.8 Å². The third-order valence-corrected chi connectivity index (χ3v) is 4.32. The number of carbonyl (C=O) groups is 1. The predicted molar refractivity (Wildman–Crippen MR) is 95.9 cm³/mol. The van der Waals surface area contributed by atoms with E-state index in [1.165, 1.54) is 31.5 Å². The van der Waals surface area contributed by atoms with Crippen molar-refractivity contribution >= 4 is 5.91 Å². The van der Waals surface area contributed by atoms with Gasteiger partial charge in [-0.05, 0) is 49.9 Å². The normalized spacial score (nSPS) is 17.1. The maximum Gasteiger partial charge on any atom is 0.244 e. The molecule has 0 bridgehead atoms. The molecule has 1 aliphatic rings. The van der Waals surface area contributed by atoms with Crippen molar-refractivity contribution in [1.29, 1.82) is 0 Å². The number of rotatable bonds is 6. The van der Waals surface area contributed by atoms with Crippen molar-refractivity contribution in [3.63, 3.8) is 0 Å². The lowest BCUT2D eigenvalue weighted by molar-refractivity contribution is -0.116. The summed E-state index contributed by atoms with van der Waals surface area (Å²) in [5.74, 6) is 0.814. The fourth-order valence-electron chi connectivity index (χ4n) is 2.74. The number of piperidine rings is 1. The molecule has 1 aromatic carbocycles. The molecule has 0 saturated carbocycles. The number of nitrogens with one attached hydrogen (secondary N) is 1. The molecule has 1 fully saturated rings. The molecule has 0 aliphatic carbocycles. The van der Waals surface area contributed by atoms with Crippen LogP contribution in [-0.4, -0.2) is 23.9 Å². The molecule has 1 saturated heterocycles. The van der Waals surface area contributed by atoms with Gasteiger partial charge in [0, 0.05) is 19.2 Å². The van der Waals surface area contributed by atoms with E-state index in [0.29, 0.717) is 6.54 Å². The van der Waals surface area contributed by atoms with Gasteiger partial charge in [-0.1, -0.05) is 49.4 Å². The van der Waals surface area contributed by atoms with Crippen LogP contribution in [0.15, 0.2) is 48.6 Å². The van der Waals surface area contributed by atoms with E-state index in [-0.39, 0.29) is 5.91 Å². The minimum Gasteiger partial charge on any atom is -0.348 e. The van der Waals surface area contributed by atoms with Gasteiger partial charge in [0.05, 0.1) is 0 Å². The Labute approximate surface area is 140 Å². The van der Waals surface area contributed by atoms with E-state index in [1.807, 2.05) is 19.1 Å². The van der Waals surface area contributed by atoms with Crippen molar-refractivity contribution in [2.24, 2.45) is 5.92 Å². The van der Waals surface area contributed by atoms with E-state index in [9.17, 15) is 4.79 Å². The minimum absolute atomic E-state index is 0.0605. The minimum atomic E-state index is -0.0605. The molecule has 0 radical (unpaired) electrons. The molecule has 1 aromatic rings. The summed E-state index contributed by atoms with van der Waals surface area (Å²) in [6.07, 6.45) is 9.65. The van der Waals surface area contributed by atoms with Crippen molar-refractivity contribution < 1.29 is 4.79 Å². The lowest BCUT2D eigenvalue weighted by atomic mass is 9.99. The van der Waals surface area contributed by atoms with E-state index >= 15 is 0 Å². The summed E-state index contributed by atoms with van der Waals surface area (Å²) in [6.45, 7) is 8.28. The van der Waals surface area contributed by atoms with E-state index in [0.717, 1.165) is 18.0 Å². The monoisotopic (exact) mass is 312 g/mol. The first-order chi connectivity index (χ1) is 11.2. The SMILES string of the molecule is C/C=C/C=C/C(=O)NCc1ccc(CN2CCC(C)CC2)cc1. The van der Waals surface area contributed by atoms with E-state index in [4.69, 9.17) is 0 Å². The van der Waals surface area contributed by atoms with Gasteiger partial charge in [-0.25, -0.2) is 0 Å². The number of likely N-dealkylation sites (tertiary alicyclic amines) is 1. The third kappa shape index (κ3) is 6.41. The molecule has 1 amide bonds. The standard InChI is InChI=1S/C20H28N2O/c1-3-4-5-6-20(23)21-15-18-7-9-19(10-8-18)16-22-13-11-17(2)12-14-22/h3-10,17H,11-16H2,1-2H3,(H,21,23)/b4-3+,6-5+. The summed E-state index contributed by atoms with van der Waals surface area (Å²) in [5.41, 5.74) is 2.48. The number of allylic oxidation sites excluding steroid dienone is 3. The molecule has 2 rings (SSSR count). The van der Waals surface area contributed by atoms with Crippen molar-refractivity contribution in [2.75, 3.05) is 13.1 Å². The van der Waals surface area contributed by atoms with Gasteiger partial charge in [0.1, 0.15) is 0 Å². The molecule has 3 nitrogen and oxygen atoms in total. The summed E-state index contributed by atoms with van der Waals surface area (Å²) >= 11 is 0. The average molecular weight is 312 g/mol. The first-order valence-electron chi connectivity index (χ1n) is 8.54. The Bertz CT molecular complexity index is 537. The Morgan fingerprint density at radius 3 is 2.48 bits per heavy atom. The van der Waals surface area contributed by atoms with E-state index in [1.54, 1.807) is 12.2 Å². The Morgan fingerprint density at radius 2 is 1.83 bits per heavy atom. The number of hydrogen-bond donors (Lipinski definition) is 1. The van der Waals surface area contributed by atoms with Crippen LogP contribution in [0, 0.1) is 5.92 Å². The molecular formula is C20H28N2O. The van der Waals surface area contributed by atoms with Crippen molar-refractivity contribution in [3.05, 3.63) is 59.7 Å². The molecule has 124 valence electrons. The van der Waals surface area contributed by atoms with Gasteiger partial charge >= 0.3 is 0 Å². The third-order valence-electron chi connectivity index (χ3n) is 4.32. The van der Waals surface area contributed by atoms with Gasteiger partial charge in [-0.3, -0.25) is 9.69 Å². The molecule has 0 aromatic heterocycles. The van der Waals surface area contributed by atoms with Crippen LogP contribution in [-0.2, 0) is 17.9 Å². The van der Waals surface area contributed by atoms with Gasteiger partial charge in [0.2, 0.25) is 5.91 Å². The van der Waals surface area contributed by atoms with Crippen LogP contribution in [0.5, 0.6) is 0 Å². The number of amides is 1. The first kappa shape index (κ1) is 17.5. The Hall–Kier alpha value is -1.87. The summed E-state index contributed by atoms with van der Waals surface area (Å²) in [5, 5.41) is 2.89. The maximum atomic E-state index is 11.6. The fourth-order valence-corrected chi connectivity index (χ4v) is 2.74. The van der Waals surface area contributed by atoms with Crippen LogP contribution < -0.4 is 5.32 Å². The fraction of sp³-hybridized carbons (Fsp3) is 0.450. The number of nitrogens with zero attached hydrogens (tertiary/aromatic N) is 1. The maximum absolute atomic E-state index is 11.6. The Kier molecular flexibility index (Phi) is 7.08. The van der Waals surface area contributed by atoms with E-state index < -0.39 is 0 Å². The average Bonchev–Trinajstić information content (AvgIpc) is 2.57. The molecular weight excluding hydrogens is 284 g/mol. The van der Waals surface area contributed by atoms with Gasteiger partial charge in [-0.2, -0.15) is 0 Å². The first-order valence-corrected chi connectivity index (χ1v) is 8.54. The molecule has 0 spiro atoms. The van der Waals surface area contributed by atoms with Crippen LogP contribution in [0.4, 0.5) is 0 Å².